The van der Waals surface area contributed by atoms with E-state index in [1.54, 1.807) is 16.8 Å². The highest BCUT2D eigenvalue weighted by Gasteiger charge is 2.14. The number of hydrogen-bond donors (Lipinski definition) is 1. The second-order valence-electron chi connectivity index (χ2n) is 8.03. The van der Waals surface area contributed by atoms with Gasteiger partial charge in [0, 0.05) is 37.5 Å². The molecule has 180 valence electrons. The van der Waals surface area contributed by atoms with Gasteiger partial charge in [0.15, 0.2) is 11.5 Å². The lowest BCUT2D eigenvalue weighted by Gasteiger charge is -2.08. The van der Waals surface area contributed by atoms with Gasteiger partial charge in [-0.2, -0.15) is 0 Å². The Morgan fingerprint density at radius 1 is 1.09 bits per heavy atom. The topological polar surface area (TPSA) is 109 Å². The Labute approximate surface area is 201 Å². The normalized spacial score (nSPS) is 12.1. The number of carbonyl (C=O) groups excluding carboxylic acids is 1. The Hall–Kier alpha value is -4.34. The number of aryl methyl sites for hydroxylation is 1. The molecule has 0 radical (unpaired) electrons. The van der Waals surface area contributed by atoms with Gasteiger partial charge in [-0.25, -0.2) is 0 Å². The van der Waals surface area contributed by atoms with Crippen LogP contribution in [-0.4, -0.2) is 38.5 Å². The Morgan fingerprint density at radius 3 is 2.74 bits per heavy atom. The molecule has 0 unspecified atom stereocenters. The summed E-state index contributed by atoms with van der Waals surface area (Å²) >= 11 is 0. The molecule has 0 fully saturated rings. The van der Waals surface area contributed by atoms with Gasteiger partial charge in [-0.3, -0.25) is 18.6 Å². The zero-order valence-electron chi connectivity index (χ0n) is 19.3. The summed E-state index contributed by atoms with van der Waals surface area (Å²) in [6.07, 6.45) is 4.89. The second-order valence-corrected chi connectivity index (χ2v) is 8.03. The van der Waals surface area contributed by atoms with Gasteiger partial charge in [-0.05, 0) is 55.3 Å². The minimum absolute atomic E-state index is 0.0608. The van der Waals surface area contributed by atoms with E-state index in [4.69, 9.17) is 14.2 Å². The van der Waals surface area contributed by atoms with Gasteiger partial charge in [-0.15, -0.1) is 10.2 Å². The maximum atomic E-state index is 13.0. The van der Waals surface area contributed by atoms with Gasteiger partial charge in [0.1, 0.15) is 11.6 Å². The molecule has 1 amide bonds. The molecule has 4 aromatic rings. The van der Waals surface area contributed by atoms with Crippen molar-refractivity contribution >= 4 is 11.6 Å². The smallest absolute Gasteiger partial charge is 0.300 e. The SMILES string of the molecule is CCOc1ccc(-n2ccn3c(CCCC(=O)NCc4ccc5c(c4)OCO5)nnc3c2=O)cc1. The molecule has 0 bridgehead atoms. The van der Waals surface area contributed by atoms with Gasteiger partial charge in [0.05, 0.1) is 6.61 Å². The highest BCUT2D eigenvalue weighted by atomic mass is 16.7. The van der Waals surface area contributed by atoms with Crippen LogP contribution in [0.4, 0.5) is 0 Å². The number of rotatable bonds is 9. The highest BCUT2D eigenvalue weighted by molar-refractivity contribution is 5.75. The van der Waals surface area contributed by atoms with Crippen LogP contribution in [0.1, 0.15) is 31.2 Å². The maximum Gasteiger partial charge on any atom is 0.300 e. The van der Waals surface area contributed by atoms with E-state index in [1.807, 2.05) is 49.4 Å². The molecule has 10 nitrogen and oxygen atoms in total. The number of fused-ring (bicyclic) bond motifs is 2. The average molecular weight is 476 g/mol. The monoisotopic (exact) mass is 475 g/mol. The summed E-state index contributed by atoms with van der Waals surface area (Å²) < 4.78 is 19.3. The van der Waals surface area contributed by atoms with Crippen molar-refractivity contribution in [3.05, 3.63) is 76.6 Å². The van der Waals surface area contributed by atoms with E-state index in [9.17, 15) is 9.59 Å². The average Bonchev–Trinajstić information content (AvgIpc) is 3.51. The molecule has 0 atom stereocenters. The molecule has 10 heteroatoms. The summed E-state index contributed by atoms with van der Waals surface area (Å²) in [5.41, 5.74) is 1.63. The zero-order valence-corrected chi connectivity index (χ0v) is 19.3. The quantitative estimate of drug-likeness (QED) is 0.396. The van der Waals surface area contributed by atoms with Crippen molar-refractivity contribution in [3.63, 3.8) is 0 Å². The first kappa shape index (κ1) is 22.5. The first-order chi connectivity index (χ1) is 17.1. The summed E-state index contributed by atoms with van der Waals surface area (Å²) in [5, 5.41) is 11.2. The summed E-state index contributed by atoms with van der Waals surface area (Å²) in [6.45, 7) is 3.13. The fourth-order valence-electron chi connectivity index (χ4n) is 3.93. The molecule has 5 rings (SSSR count). The van der Waals surface area contributed by atoms with E-state index in [0.717, 1.165) is 11.3 Å². The van der Waals surface area contributed by atoms with Gasteiger partial charge in [0.25, 0.3) is 0 Å². The molecular weight excluding hydrogens is 450 g/mol. The van der Waals surface area contributed by atoms with Crippen molar-refractivity contribution in [2.75, 3.05) is 13.4 Å². The molecule has 35 heavy (non-hydrogen) atoms. The zero-order chi connectivity index (χ0) is 24.2. The largest absolute Gasteiger partial charge is 0.494 e. The Morgan fingerprint density at radius 2 is 1.91 bits per heavy atom. The summed E-state index contributed by atoms with van der Waals surface area (Å²) in [6, 6.07) is 12.9. The number of amides is 1. The maximum absolute atomic E-state index is 13.0. The molecule has 0 aliphatic carbocycles. The van der Waals surface area contributed by atoms with Gasteiger partial charge < -0.3 is 19.5 Å². The van der Waals surface area contributed by atoms with Crippen LogP contribution in [-0.2, 0) is 17.8 Å². The lowest BCUT2D eigenvalue weighted by atomic mass is 10.2. The van der Waals surface area contributed by atoms with Crippen LogP contribution < -0.4 is 25.1 Å². The molecule has 1 aliphatic rings. The molecular formula is C25H25N5O5. The first-order valence-electron chi connectivity index (χ1n) is 11.5. The van der Waals surface area contributed by atoms with Crippen molar-refractivity contribution in [3.8, 4) is 22.9 Å². The number of nitrogens with zero attached hydrogens (tertiary/aromatic N) is 4. The molecule has 2 aromatic carbocycles. The van der Waals surface area contributed by atoms with E-state index in [-0.39, 0.29) is 23.9 Å². The van der Waals surface area contributed by atoms with Crippen LogP contribution in [0.15, 0.2) is 59.7 Å². The van der Waals surface area contributed by atoms with E-state index in [0.29, 0.717) is 55.4 Å². The van der Waals surface area contributed by atoms with Crippen molar-refractivity contribution in [2.45, 2.75) is 32.7 Å². The van der Waals surface area contributed by atoms with Crippen molar-refractivity contribution in [1.29, 1.82) is 0 Å². The van der Waals surface area contributed by atoms with Crippen molar-refractivity contribution in [2.24, 2.45) is 0 Å². The molecule has 1 N–H and O–H groups in total. The van der Waals surface area contributed by atoms with E-state index in [2.05, 4.69) is 15.5 Å². The van der Waals surface area contributed by atoms with E-state index in [1.165, 1.54) is 4.57 Å². The van der Waals surface area contributed by atoms with E-state index >= 15 is 0 Å². The summed E-state index contributed by atoms with van der Waals surface area (Å²) in [5.74, 6) is 2.73. The predicted molar refractivity (Wildman–Crippen MR) is 127 cm³/mol. The third kappa shape index (κ3) is 4.81. The lowest BCUT2D eigenvalue weighted by Crippen LogP contribution is -2.22. The third-order valence-corrected chi connectivity index (χ3v) is 5.70. The van der Waals surface area contributed by atoms with Gasteiger partial charge in [0.2, 0.25) is 18.3 Å². The molecule has 1 aliphatic heterocycles. The van der Waals surface area contributed by atoms with Gasteiger partial charge in [-0.1, -0.05) is 6.07 Å². The van der Waals surface area contributed by atoms with Crippen LogP contribution >= 0.6 is 0 Å². The van der Waals surface area contributed by atoms with Crippen LogP contribution in [0.2, 0.25) is 0 Å². The van der Waals surface area contributed by atoms with Crippen LogP contribution in [0.3, 0.4) is 0 Å². The Kier molecular flexibility index (Phi) is 6.34. The number of ether oxygens (including phenoxy) is 3. The minimum atomic E-state index is -0.267. The van der Waals surface area contributed by atoms with E-state index < -0.39 is 0 Å². The van der Waals surface area contributed by atoms with Crippen LogP contribution in [0.25, 0.3) is 11.3 Å². The van der Waals surface area contributed by atoms with Gasteiger partial charge >= 0.3 is 5.56 Å². The number of aromatic nitrogens is 4. The number of carbonyl (C=O) groups is 1. The minimum Gasteiger partial charge on any atom is -0.494 e. The molecule has 2 aromatic heterocycles. The highest BCUT2D eigenvalue weighted by Crippen LogP contribution is 2.32. The Balaban J connectivity index is 1.18. The summed E-state index contributed by atoms with van der Waals surface area (Å²) in [4.78, 5) is 25.2. The molecule has 0 saturated heterocycles. The van der Waals surface area contributed by atoms with Crippen molar-refractivity contribution < 1.29 is 19.0 Å². The van der Waals surface area contributed by atoms with Crippen LogP contribution in [0, 0.1) is 0 Å². The molecule has 3 heterocycles. The third-order valence-electron chi connectivity index (χ3n) is 5.70. The standard InChI is InChI=1S/C25H25N5O5/c1-2-33-19-9-7-18(8-10-19)29-12-13-30-22(27-28-24(30)25(29)32)4-3-5-23(31)26-15-17-6-11-20-21(14-17)35-16-34-20/h6-14H,2-5,15-16H2,1H3,(H,26,31). The Bertz CT molecular complexity index is 1410. The molecule has 0 saturated carbocycles. The molecule has 0 spiro atoms. The second kappa shape index (κ2) is 9.88. The lowest BCUT2D eigenvalue weighted by molar-refractivity contribution is -0.121. The van der Waals surface area contributed by atoms with Crippen LogP contribution in [0.5, 0.6) is 17.2 Å². The fourth-order valence-corrected chi connectivity index (χ4v) is 3.93. The van der Waals surface area contributed by atoms with Crippen molar-refractivity contribution in [1.82, 2.24) is 24.5 Å². The number of benzene rings is 2. The first-order valence-corrected chi connectivity index (χ1v) is 11.5. The number of hydrogen-bond acceptors (Lipinski definition) is 7. The predicted octanol–water partition coefficient (Wildman–Crippen LogP) is 2.65. The summed E-state index contributed by atoms with van der Waals surface area (Å²) in [7, 11) is 0. The number of nitrogens with one attached hydrogen (secondary N) is 1. The fraction of sp³-hybridized carbons (Fsp3) is 0.280.